The van der Waals surface area contributed by atoms with Crippen LogP contribution >= 0.6 is 23.2 Å². The highest BCUT2D eigenvalue weighted by molar-refractivity contribution is 6.42. The molecule has 0 spiro atoms. The van der Waals surface area contributed by atoms with E-state index in [0.29, 0.717) is 10.6 Å². The highest BCUT2D eigenvalue weighted by Crippen LogP contribution is 2.44. The van der Waals surface area contributed by atoms with Crippen molar-refractivity contribution in [3.63, 3.8) is 0 Å². The third kappa shape index (κ3) is 2.84. The van der Waals surface area contributed by atoms with Crippen LogP contribution in [0.1, 0.15) is 29.6 Å². The van der Waals surface area contributed by atoms with Gasteiger partial charge in [0.2, 0.25) is 0 Å². The summed E-state index contributed by atoms with van der Waals surface area (Å²) in [6.07, 6.45) is -3.62. The Labute approximate surface area is 139 Å². The third-order valence-electron chi connectivity index (χ3n) is 3.70. The highest BCUT2D eigenvalue weighted by Gasteiger charge is 2.47. The number of hydrogen-bond donors (Lipinski definition) is 1. The largest absolute Gasteiger partial charge is 0.410 e. The minimum absolute atomic E-state index is 0.0529. The molecular formula is C14H9Cl2F3N4. The van der Waals surface area contributed by atoms with E-state index in [1.165, 1.54) is 12.1 Å². The molecule has 0 saturated carbocycles. The van der Waals surface area contributed by atoms with Crippen molar-refractivity contribution in [3.8, 4) is 6.07 Å². The Kier molecular flexibility index (Phi) is 3.90. The second kappa shape index (κ2) is 5.62. The number of nitrogens with zero attached hydrogens (tertiary/aromatic N) is 3. The normalized spacial score (nSPS) is 20.5. The first kappa shape index (κ1) is 16.0. The van der Waals surface area contributed by atoms with E-state index >= 15 is 0 Å². The Balaban J connectivity index is 2.05. The number of halogens is 5. The monoisotopic (exact) mass is 360 g/mol. The molecule has 0 bridgehead atoms. The molecule has 0 unspecified atom stereocenters. The topological polar surface area (TPSA) is 53.6 Å². The molecule has 1 aromatic carbocycles. The van der Waals surface area contributed by atoms with Crippen molar-refractivity contribution < 1.29 is 13.2 Å². The van der Waals surface area contributed by atoms with Crippen LogP contribution in [0.4, 0.5) is 19.0 Å². The Bertz CT molecular complexity index is 794. The molecule has 0 radical (unpaired) electrons. The second-order valence-corrected chi connectivity index (χ2v) is 5.94. The van der Waals surface area contributed by atoms with E-state index in [-0.39, 0.29) is 22.8 Å². The molecule has 2 aromatic rings. The molecular weight excluding hydrogens is 352 g/mol. The van der Waals surface area contributed by atoms with E-state index in [2.05, 4.69) is 10.4 Å². The molecule has 1 aromatic heterocycles. The van der Waals surface area contributed by atoms with Gasteiger partial charge < -0.3 is 5.32 Å². The fourth-order valence-electron chi connectivity index (χ4n) is 2.59. The van der Waals surface area contributed by atoms with Crippen molar-refractivity contribution in [2.75, 3.05) is 5.32 Å². The van der Waals surface area contributed by atoms with Crippen LogP contribution in [0.15, 0.2) is 24.4 Å². The lowest BCUT2D eigenvalue weighted by atomic mass is 9.96. The minimum atomic E-state index is -4.48. The number of alkyl halides is 3. The number of anilines is 1. The first-order chi connectivity index (χ1) is 10.8. The van der Waals surface area contributed by atoms with Crippen LogP contribution in [0.2, 0.25) is 10.0 Å². The van der Waals surface area contributed by atoms with E-state index in [0.717, 1.165) is 10.9 Å². The van der Waals surface area contributed by atoms with Gasteiger partial charge in [0, 0.05) is 6.42 Å². The predicted molar refractivity (Wildman–Crippen MR) is 79.5 cm³/mol. The van der Waals surface area contributed by atoms with Gasteiger partial charge in [-0.2, -0.15) is 23.5 Å². The Morgan fingerprint density at radius 1 is 1.30 bits per heavy atom. The van der Waals surface area contributed by atoms with Gasteiger partial charge in [0.05, 0.1) is 22.3 Å². The van der Waals surface area contributed by atoms with Gasteiger partial charge in [-0.3, -0.25) is 0 Å². The average molecular weight is 361 g/mol. The van der Waals surface area contributed by atoms with Crippen molar-refractivity contribution in [2.24, 2.45) is 0 Å². The fraction of sp³-hybridized carbons (Fsp3) is 0.286. The second-order valence-electron chi connectivity index (χ2n) is 5.13. The van der Waals surface area contributed by atoms with E-state index in [1.54, 1.807) is 6.07 Å². The van der Waals surface area contributed by atoms with Crippen LogP contribution in [0.25, 0.3) is 0 Å². The molecule has 0 aliphatic carbocycles. The zero-order valence-corrected chi connectivity index (χ0v) is 12.9. The Morgan fingerprint density at radius 3 is 2.65 bits per heavy atom. The first-order valence-corrected chi connectivity index (χ1v) is 7.32. The van der Waals surface area contributed by atoms with E-state index in [1.807, 2.05) is 6.07 Å². The molecule has 2 atom stereocenters. The molecule has 9 heteroatoms. The van der Waals surface area contributed by atoms with Gasteiger partial charge in [0.15, 0.2) is 6.04 Å². The molecule has 0 amide bonds. The summed E-state index contributed by atoms with van der Waals surface area (Å²) in [5, 5.41) is 16.3. The summed E-state index contributed by atoms with van der Waals surface area (Å²) in [5.74, 6) is 0.0529. The van der Waals surface area contributed by atoms with Crippen LogP contribution in [0, 0.1) is 11.3 Å². The van der Waals surface area contributed by atoms with Crippen LogP contribution in [-0.2, 0) is 0 Å². The van der Waals surface area contributed by atoms with Gasteiger partial charge in [-0.1, -0.05) is 29.3 Å². The maximum Gasteiger partial charge on any atom is 0.410 e. The van der Waals surface area contributed by atoms with Crippen LogP contribution in [0.5, 0.6) is 0 Å². The maximum atomic E-state index is 13.3. The van der Waals surface area contributed by atoms with Gasteiger partial charge in [-0.15, -0.1) is 0 Å². The van der Waals surface area contributed by atoms with Crippen LogP contribution in [-0.4, -0.2) is 16.0 Å². The molecule has 1 aliphatic heterocycles. The summed E-state index contributed by atoms with van der Waals surface area (Å²) in [7, 11) is 0. The highest BCUT2D eigenvalue weighted by atomic mass is 35.5. The summed E-state index contributed by atoms with van der Waals surface area (Å²) in [4.78, 5) is 0. The number of hydrogen-bond acceptors (Lipinski definition) is 3. The molecule has 120 valence electrons. The zero-order chi connectivity index (χ0) is 16.8. The van der Waals surface area contributed by atoms with Gasteiger partial charge in [-0.05, 0) is 17.7 Å². The van der Waals surface area contributed by atoms with Crippen molar-refractivity contribution in [1.29, 1.82) is 5.26 Å². The van der Waals surface area contributed by atoms with Crippen molar-refractivity contribution in [1.82, 2.24) is 9.78 Å². The van der Waals surface area contributed by atoms with Crippen LogP contribution < -0.4 is 5.32 Å². The van der Waals surface area contributed by atoms with Gasteiger partial charge in [0.1, 0.15) is 17.5 Å². The summed E-state index contributed by atoms with van der Waals surface area (Å²) in [6.45, 7) is 0. The lowest BCUT2D eigenvalue weighted by Gasteiger charge is -2.33. The molecule has 0 fully saturated rings. The lowest BCUT2D eigenvalue weighted by molar-refractivity contribution is -0.173. The summed E-state index contributed by atoms with van der Waals surface area (Å²) in [5.41, 5.74) is 0.619. The number of aromatic nitrogens is 2. The van der Waals surface area contributed by atoms with Crippen molar-refractivity contribution in [2.45, 2.75) is 24.7 Å². The van der Waals surface area contributed by atoms with Crippen molar-refractivity contribution >= 4 is 29.0 Å². The predicted octanol–water partition coefficient (Wildman–Crippen LogP) is 4.72. The summed E-state index contributed by atoms with van der Waals surface area (Å²) < 4.78 is 40.9. The molecule has 2 heterocycles. The third-order valence-corrected chi connectivity index (χ3v) is 4.44. The average Bonchev–Trinajstić information content (AvgIpc) is 2.91. The van der Waals surface area contributed by atoms with Gasteiger partial charge in [-0.25, -0.2) is 4.68 Å². The Morgan fingerprint density at radius 2 is 2.04 bits per heavy atom. The van der Waals surface area contributed by atoms with E-state index in [4.69, 9.17) is 28.5 Å². The smallest absolute Gasteiger partial charge is 0.362 e. The quantitative estimate of drug-likeness (QED) is 0.800. The van der Waals surface area contributed by atoms with E-state index in [9.17, 15) is 13.2 Å². The van der Waals surface area contributed by atoms with Crippen LogP contribution in [0.3, 0.4) is 0 Å². The number of rotatable bonds is 1. The minimum Gasteiger partial charge on any atom is -0.362 e. The SMILES string of the molecule is N#Cc1cnn2c1N[C@@H](c1ccc(Cl)c(Cl)c1)C[C@H]2C(F)(F)F. The number of nitriles is 1. The van der Waals surface area contributed by atoms with Crippen molar-refractivity contribution in [3.05, 3.63) is 45.6 Å². The molecule has 0 saturated heterocycles. The molecule has 23 heavy (non-hydrogen) atoms. The first-order valence-electron chi connectivity index (χ1n) is 6.57. The molecule has 1 aliphatic rings. The fourth-order valence-corrected chi connectivity index (χ4v) is 2.90. The molecule has 3 rings (SSSR count). The number of fused-ring (bicyclic) bond motifs is 1. The number of benzene rings is 1. The van der Waals surface area contributed by atoms with Gasteiger partial charge in [0.25, 0.3) is 0 Å². The summed E-state index contributed by atoms with van der Waals surface area (Å²) in [6, 6.07) is 4.02. The standard InChI is InChI=1S/C14H9Cl2F3N4/c15-9-2-1-7(3-10(9)16)11-4-12(14(17,18)19)23-13(22-11)8(5-20)6-21-23/h1-3,6,11-12,22H,4H2/t11-,12+/m1/s1. The van der Waals surface area contributed by atoms with E-state index < -0.39 is 18.3 Å². The number of nitrogens with one attached hydrogen (secondary N) is 1. The maximum absolute atomic E-state index is 13.3. The lowest BCUT2D eigenvalue weighted by Crippen LogP contribution is -2.35. The molecule has 4 nitrogen and oxygen atoms in total. The van der Waals surface area contributed by atoms with Gasteiger partial charge >= 0.3 is 6.18 Å². The summed E-state index contributed by atoms with van der Waals surface area (Å²) >= 11 is 11.8. The zero-order valence-electron chi connectivity index (χ0n) is 11.4. The molecule has 1 N–H and O–H groups in total. The Hall–Kier alpha value is -1.91.